The second-order valence-corrected chi connectivity index (χ2v) is 7.52. The lowest BCUT2D eigenvalue weighted by Crippen LogP contribution is -2.32. The summed E-state index contributed by atoms with van der Waals surface area (Å²) < 4.78 is 2.57. The highest BCUT2D eigenvalue weighted by Crippen LogP contribution is 2.26. The first-order valence-corrected chi connectivity index (χ1v) is 9.51. The summed E-state index contributed by atoms with van der Waals surface area (Å²) in [5.41, 5.74) is 2.65. The Bertz CT molecular complexity index is 914. The van der Waals surface area contributed by atoms with Gasteiger partial charge in [-0.15, -0.1) is 0 Å². The van der Waals surface area contributed by atoms with Gasteiger partial charge in [0.15, 0.2) is 0 Å². The SMILES string of the molecule is CC(c1ccc(-n2cncn2)cc1)N(C)CC(=O)Nc1ccc(Br)cc1Cl. The van der Waals surface area contributed by atoms with Crippen molar-refractivity contribution in [1.82, 2.24) is 19.7 Å². The molecule has 140 valence electrons. The average Bonchev–Trinajstić information content (AvgIpc) is 3.18. The van der Waals surface area contributed by atoms with Crippen LogP contribution in [-0.4, -0.2) is 39.2 Å². The van der Waals surface area contributed by atoms with Crippen LogP contribution in [0.25, 0.3) is 5.69 Å². The number of carbonyl (C=O) groups is 1. The summed E-state index contributed by atoms with van der Waals surface area (Å²) in [5, 5.41) is 7.46. The van der Waals surface area contributed by atoms with Crippen LogP contribution in [0.3, 0.4) is 0 Å². The molecule has 3 rings (SSSR count). The summed E-state index contributed by atoms with van der Waals surface area (Å²) >= 11 is 9.51. The van der Waals surface area contributed by atoms with E-state index in [-0.39, 0.29) is 18.5 Å². The molecule has 8 heteroatoms. The summed E-state index contributed by atoms with van der Waals surface area (Å²) in [5.74, 6) is -0.118. The second kappa shape index (κ2) is 8.65. The zero-order valence-electron chi connectivity index (χ0n) is 14.9. The van der Waals surface area contributed by atoms with Gasteiger partial charge in [0.05, 0.1) is 22.9 Å². The Morgan fingerprint density at radius 3 is 2.67 bits per heavy atom. The van der Waals surface area contributed by atoms with Crippen molar-refractivity contribution >= 4 is 39.1 Å². The Balaban J connectivity index is 1.61. The molecular weight excluding hydrogens is 430 g/mol. The second-order valence-electron chi connectivity index (χ2n) is 6.20. The predicted molar refractivity (Wildman–Crippen MR) is 110 cm³/mol. The number of nitrogens with one attached hydrogen (secondary N) is 1. The number of hydrogen-bond donors (Lipinski definition) is 1. The zero-order valence-corrected chi connectivity index (χ0v) is 17.3. The largest absolute Gasteiger partial charge is 0.324 e. The van der Waals surface area contributed by atoms with E-state index in [4.69, 9.17) is 11.6 Å². The maximum Gasteiger partial charge on any atom is 0.238 e. The molecule has 1 N–H and O–H groups in total. The van der Waals surface area contributed by atoms with Gasteiger partial charge in [-0.3, -0.25) is 9.69 Å². The summed E-state index contributed by atoms with van der Waals surface area (Å²) in [6, 6.07) is 13.5. The van der Waals surface area contributed by atoms with Crippen LogP contribution in [0.4, 0.5) is 5.69 Å². The van der Waals surface area contributed by atoms with Crippen LogP contribution in [0.1, 0.15) is 18.5 Å². The maximum atomic E-state index is 12.4. The number of halogens is 2. The van der Waals surface area contributed by atoms with Gasteiger partial charge in [0.25, 0.3) is 0 Å². The van der Waals surface area contributed by atoms with Crippen LogP contribution in [0.5, 0.6) is 0 Å². The fourth-order valence-corrected chi connectivity index (χ4v) is 3.37. The molecule has 0 radical (unpaired) electrons. The summed E-state index contributed by atoms with van der Waals surface area (Å²) in [4.78, 5) is 18.3. The van der Waals surface area contributed by atoms with Crippen LogP contribution < -0.4 is 5.32 Å². The Morgan fingerprint density at radius 2 is 2.04 bits per heavy atom. The third-order valence-corrected chi connectivity index (χ3v) is 5.12. The van der Waals surface area contributed by atoms with E-state index in [2.05, 4.69) is 38.3 Å². The molecule has 3 aromatic rings. The van der Waals surface area contributed by atoms with Gasteiger partial charge in [0, 0.05) is 10.5 Å². The molecule has 0 fully saturated rings. The number of carbonyl (C=O) groups excluding carboxylic acids is 1. The van der Waals surface area contributed by atoms with Crippen molar-refractivity contribution in [2.24, 2.45) is 0 Å². The molecule has 0 bridgehead atoms. The van der Waals surface area contributed by atoms with E-state index in [1.165, 1.54) is 6.33 Å². The van der Waals surface area contributed by atoms with Crippen molar-refractivity contribution in [2.45, 2.75) is 13.0 Å². The first-order valence-electron chi connectivity index (χ1n) is 8.34. The minimum absolute atomic E-state index is 0.0703. The van der Waals surface area contributed by atoms with Gasteiger partial charge < -0.3 is 5.32 Å². The van der Waals surface area contributed by atoms with E-state index in [9.17, 15) is 4.79 Å². The number of likely N-dealkylation sites (N-methyl/N-ethyl adjacent to an activating group) is 1. The van der Waals surface area contributed by atoms with E-state index >= 15 is 0 Å². The Kier molecular flexibility index (Phi) is 6.26. The van der Waals surface area contributed by atoms with Crippen molar-refractivity contribution in [3.63, 3.8) is 0 Å². The van der Waals surface area contributed by atoms with Crippen molar-refractivity contribution in [3.05, 3.63) is 70.2 Å². The molecule has 6 nitrogen and oxygen atoms in total. The normalized spacial score (nSPS) is 12.2. The molecule has 2 aromatic carbocycles. The Hall–Kier alpha value is -2.22. The molecule has 0 aliphatic carbocycles. The first-order chi connectivity index (χ1) is 12.9. The number of aromatic nitrogens is 3. The molecule has 1 unspecified atom stereocenters. The lowest BCUT2D eigenvalue weighted by molar-refractivity contribution is -0.117. The molecule has 1 heterocycles. The number of hydrogen-bond acceptors (Lipinski definition) is 4. The molecule has 0 aliphatic rings. The van der Waals surface area contributed by atoms with Gasteiger partial charge in [0.2, 0.25) is 5.91 Å². The topological polar surface area (TPSA) is 63.1 Å². The van der Waals surface area contributed by atoms with Gasteiger partial charge in [0.1, 0.15) is 12.7 Å². The van der Waals surface area contributed by atoms with E-state index in [0.29, 0.717) is 10.7 Å². The summed E-state index contributed by atoms with van der Waals surface area (Å²) in [7, 11) is 1.92. The monoisotopic (exact) mass is 447 g/mol. The number of anilines is 1. The van der Waals surface area contributed by atoms with E-state index in [1.54, 1.807) is 23.1 Å². The molecular formula is C19H19BrClN5O. The third kappa shape index (κ3) is 4.94. The highest BCUT2D eigenvalue weighted by Gasteiger charge is 2.16. The third-order valence-electron chi connectivity index (χ3n) is 4.32. The average molecular weight is 449 g/mol. The van der Waals surface area contributed by atoms with Crippen LogP contribution in [0.2, 0.25) is 5.02 Å². The van der Waals surface area contributed by atoms with Gasteiger partial charge >= 0.3 is 0 Å². The fourth-order valence-electron chi connectivity index (χ4n) is 2.65. The molecule has 1 amide bonds. The van der Waals surface area contributed by atoms with Crippen molar-refractivity contribution in [2.75, 3.05) is 18.9 Å². The van der Waals surface area contributed by atoms with E-state index < -0.39 is 0 Å². The zero-order chi connectivity index (χ0) is 19.4. The molecule has 1 atom stereocenters. The molecule has 1 aromatic heterocycles. The van der Waals surface area contributed by atoms with Crippen molar-refractivity contribution in [3.8, 4) is 5.69 Å². The van der Waals surface area contributed by atoms with Crippen molar-refractivity contribution in [1.29, 1.82) is 0 Å². The van der Waals surface area contributed by atoms with Crippen LogP contribution in [0, 0.1) is 0 Å². The Morgan fingerprint density at radius 1 is 1.30 bits per heavy atom. The minimum Gasteiger partial charge on any atom is -0.324 e. The van der Waals surface area contributed by atoms with Crippen LogP contribution in [0.15, 0.2) is 59.6 Å². The number of amides is 1. The lowest BCUT2D eigenvalue weighted by Gasteiger charge is -2.24. The highest BCUT2D eigenvalue weighted by molar-refractivity contribution is 9.10. The molecule has 0 spiro atoms. The van der Waals surface area contributed by atoms with E-state index in [0.717, 1.165) is 15.7 Å². The lowest BCUT2D eigenvalue weighted by atomic mass is 10.1. The van der Waals surface area contributed by atoms with Crippen LogP contribution >= 0.6 is 27.5 Å². The smallest absolute Gasteiger partial charge is 0.238 e. The summed E-state index contributed by atoms with van der Waals surface area (Å²) in [6.45, 7) is 2.31. The quantitative estimate of drug-likeness (QED) is 0.610. The maximum absolute atomic E-state index is 12.4. The fraction of sp³-hybridized carbons (Fsp3) is 0.211. The highest BCUT2D eigenvalue weighted by atomic mass is 79.9. The molecule has 0 aliphatic heterocycles. The number of benzene rings is 2. The molecule has 0 saturated heterocycles. The number of rotatable bonds is 6. The Labute approximate surface area is 171 Å². The van der Waals surface area contributed by atoms with Gasteiger partial charge in [-0.25, -0.2) is 9.67 Å². The standard InChI is InChI=1S/C19H19BrClN5O/c1-13(14-3-6-16(7-4-14)26-12-22-11-23-26)25(2)10-19(27)24-18-8-5-15(20)9-17(18)21/h3-9,11-13H,10H2,1-2H3,(H,24,27). The molecule has 0 saturated carbocycles. The van der Waals surface area contributed by atoms with Gasteiger partial charge in [-0.2, -0.15) is 5.10 Å². The van der Waals surface area contributed by atoms with E-state index in [1.807, 2.05) is 42.3 Å². The van der Waals surface area contributed by atoms with Crippen LogP contribution in [-0.2, 0) is 4.79 Å². The predicted octanol–water partition coefficient (Wildman–Crippen LogP) is 4.31. The summed E-state index contributed by atoms with van der Waals surface area (Å²) in [6.07, 6.45) is 3.16. The van der Waals surface area contributed by atoms with Gasteiger partial charge in [-0.05, 0) is 49.9 Å². The molecule has 27 heavy (non-hydrogen) atoms. The van der Waals surface area contributed by atoms with Crippen molar-refractivity contribution < 1.29 is 4.79 Å². The number of nitrogens with zero attached hydrogens (tertiary/aromatic N) is 4. The first kappa shape index (κ1) is 19.5. The van der Waals surface area contributed by atoms with Gasteiger partial charge in [-0.1, -0.05) is 39.7 Å². The minimum atomic E-state index is -0.118.